The fraction of sp³-hybridized carbons (Fsp3) is 0.263. The van der Waals surface area contributed by atoms with Crippen molar-refractivity contribution in [3.05, 3.63) is 59.7 Å². The summed E-state index contributed by atoms with van der Waals surface area (Å²) >= 11 is 0. The first-order valence-corrected chi connectivity index (χ1v) is 7.62. The van der Waals surface area contributed by atoms with Gasteiger partial charge in [-0.3, -0.25) is 9.59 Å². The number of carboxylic acid groups (broad SMARTS) is 1. The smallest absolute Gasteiger partial charge is 0.312 e. The van der Waals surface area contributed by atoms with Gasteiger partial charge in [-0.15, -0.1) is 0 Å². The van der Waals surface area contributed by atoms with Crippen LogP contribution in [-0.4, -0.2) is 23.6 Å². The van der Waals surface area contributed by atoms with Crippen LogP contribution in [0.1, 0.15) is 29.8 Å². The Morgan fingerprint density at radius 2 is 1.62 bits per heavy atom. The second-order valence-electron chi connectivity index (χ2n) is 6.32. The quantitative estimate of drug-likeness (QED) is 0.847. The third kappa shape index (κ3) is 4.59. The van der Waals surface area contributed by atoms with Crippen LogP contribution in [0.3, 0.4) is 0 Å². The van der Waals surface area contributed by atoms with E-state index in [-0.39, 0.29) is 12.5 Å². The highest BCUT2D eigenvalue weighted by Crippen LogP contribution is 2.20. The summed E-state index contributed by atoms with van der Waals surface area (Å²) in [5.41, 5.74) is 1.38. The van der Waals surface area contributed by atoms with Gasteiger partial charge in [0.05, 0.1) is 5.41 Å². The van der Waals surface area contributed by atoms with Gasteiger partial charge < -0.3 is 15.2 Å². The van der Waals surface area contributed by atoms with Crippen molar-refractivity contribution in [2.45, 2.75) is 20.8 Å². The van der Waals surface area contributed by atoms with E-state index < -0.39 is 11.4 Å². The maximum absolute atomic E-state index is 12.2. The minimum absolute atomic E-state index is 0.0528. The van der Waals surface area contributed by atoms with Crippen molar-refractivity contribution >= 4 is 17.6 Å². The lowest BCUT2D eigenvalue weighted by molar-refractivity contribution is -0.148. The molecule has 0 heterocycles. The molecule has 0 radical (unpaired) electrons. The van der Waals surface area contributed by atoms with Crippen LogP contribution in [0, 0.1) is 12.3 Å². The summed E-state index contributed by atoms with van der Waals surface area (Å²) in [6.07, 6.45) is 0. The molecule has 0 aliphatic rings. The van der Waals surface area contributed by atoms with E-state index in [2.05, 4.69) is 5.32 Å². The molecule has 5 heteroatoms. The first-order valence-electron chi connectivity index (χ1n) is 7.62. The third-order valence-electron chi connectivity index (χ3n) is 3.60. The number of aliphatic carboxylic acids is 1. The number of nitrogens with one attached hydrogen (secondary N) is 1. The van der Waals surface area contributed by atoms with Crippen molar-refractivity contribution in [3.63, 3.8) is 0 Å². The van der Waals surface area contributed by atoms with E-state index in [4.69, 9.17) is 9.84 Å². The molecule has 5 nitrogen and oxygen atoms in total. The highest BCUT2D eigenvalue weighted by atomic mass is 16.5. The molecule has 1 amide bonds. The summed E-state index contributed by atoms with van der Waals surface area (Å²) in [7, 11) is 0. The summed E-state index contributed by atoms with van der Waals surface area (Å²) in [4.78, 5) is 23.2. The van der Waals surface area contributed by atoms with Gasteiger partial charge in [-0.05, 0) is 57.2 Å². The number of carboxylic acids is 1. The van der Waals surface area contributed by atoms with Crippen LogP contribution in [0.15, 0.2) is 48.5 Å². The fourth-order valence-electron chi connectivity index (χ4n) is 1.87. The lowest BCUT2D eigenvalue weighted by atomic mass is 9.95. The summed E-state index contributed by atoms with van der Waals surface area (Å²) in [6, 6.07) is 14.1. The normalized spacial score (nSPS) is 11.0. The molecule has 2 aromatic rings. The standard InChI is InChI=1S/C19H21NO4/c1-13-4-8-15(9-5-13)20-17(21)14-6-10-16(11-7-14)24-12-19(2,3)18(22)23/h4-11H,12H2,1-3H3,(H,20,21)(H,22,23). The van der Waals surface area contributed by atoms with Crippen LogP contribution >= 0.6 is 0 Å². The molecule has 0 aliphatic heterocycles. The van der Waals surface area contributed by atoms with Crippen LogP contribution in [0.2, 0.25) is 0 Å². The molecule has 24 heavy (non-hydrogen) atoms. The average Bonchev–Trinajstić information content (AvgIpc) is 2.55. The Bertz CT molecular complexity index is 718. The Morgan fingerprint density at radius 3 is 2.17 bits per heavy atom. The molecule has 0 unspecified atom stereocenters. The third-order valence-corrected chi connectivity index (χ3v) is 3.60. The van der Waals surface area contributed by atoms with Crippen molar-refractivity contribution in [1.82, 2.24) is 0 Å². The number of aryl methyl sites for hydroxylation is 1. The van der Waals surface area contributed by atoms with Gasteiger partial charge in [0, 0.05) is 11.3 Å². The van der Waals surface area contributed by atoms with Gasteiger partial charge in [-0.2, -0.15) is 0 Å². The molecule has 0 saturated carbocycles. The number of amides is 1. The number of anilines is 1. The zero-order valence-corrected chi connectivity index (χ0v) is 14.0. The number of hydrogen-bond acceptors (Lipinski definition) is 3. The van der Waals surface area contributed by atoms with Crippen LogP contribution in [0.4, 0.5) is 5.69 Å². The second kappa shape index (κ2) is 7.17. The second-order valence-corrected chi connectivity index (χ2v) is 6.32. The van der Waals surface area contributed by atoms with E-state index in [1.165, 1.54) is 0 Å². The zero-order chi connectivity index (χ0) is 17.7. The highest BCUT2D eigenvalue weighted by Gasteiger charge is 2.28. The molecule has 0 aliphatic carbocycles. The molecule has 0 fully saturated rings. The van der Waals surface area contributed by atoms with Crippen molar-refractivity contribution < 1.29 is 19.4 Å². The van der Waals surface area contributed by atoms with Crippen molar-refractivity contribution in [1.29, 1.82) is 0 Å². The molecule has 2 rings (SSSR count). The number of rotatable bonds is 6. The van der Waals surface area contributed by atoms with E-state index in [1.54, 1.807) is 38.1 Å². The number of ether oxygens (including phenoxy) is 1. The van der Waals surface area contributed by atoms with Gasteiger partial charge in [0.25, 0.3) is 5.91 Å². The summed E-state index contributed by atoms with van der Waals surface area (Å²) < 4.78 is 5.49. The van der Waals surface area contributed by atoms with Crippen LogP contribution in [0.25, 0.3) is 0 Å². The lowest BCUT2D eigenvalue weighted by Crippen LogP contribution is -2.30. The van der Waals surface area contributed by atoms with Crippen LogP contribution < -0.4 is 10.1 Å². The molecule has 2 N–H and O–H groups in total. The average molecular weight is 327 g/mol. The molecule has 0 atom stereocenters. The molecule has 0 spiro atoms. The van der Waals surface area contributed by atoms with Gasteiger partial charge in [0.1, 0.15) is 12.4 Å². The predicted octanol–water partition coefficient (Wildman–Crippen LogP) is 3.74. The first kappa shape index (κ1) is 17.5. The number of carbonyl (C=O) groups is 2. The number of benzene rings is 2. The van der Waals surface area contributed by atoms with Crippen LogP contribution in [-0.2, 0) is 4.79 Å². The van der Waals surface area contributed by atoms with E-state index in [0.29, 0.717) is 11.3 Å². The molecule has 0 aromatic heterocycles. The minimum Gasteiger partial charge on any atom is -0.492 e. The maximum Gasteiger partial charge on any atom is 0.312 e. The molecule has 2 aromatic carbocycles. The van der Waals surface area contributed by atoms with E-state index in [9.17, 15) is 9.59 Å². The Balaban J connectivity index is 1.97. The summed E-state index contributed by atoms with van der Waals surface area (Å²) in [5, 5.41) is 11.9. The minimum atomic E-state index is -0.971. The first-order chi connectivity index (χ1) is 11.3. The molecule has 126 valence electrons. The van der Waals surface area contributed by atoms with Gasteiger partial charge in [0.15, 0.2) is 0 Å². The van der Waals surface area contributed by atoms with E-state index >= 15 is 0 Å². The largest absolute Gasteiger partial charge is 0.492 e. The fourth-order valence-corrected chi connectivity index (χ4v) is 1.87. The van der Waals surface area contributed by atoms with E-state index in [1.807, 2.05) is 31.2 Å². The molecular formula is C19H21NO4. The van der Waals surface area contributed by atoms with Gasteiger partial charge >= 0.3 is 5.97 Å². The van der Waals surface area contributed by atoms with Crippen molar-refractivity contribution in [2.24, 2.45) is 5.41 Å². The Kier molecular flexibility index (Phi) is 5.24. The highest BCUT2D eigenvalue weighted by molar-refractivity contribution is 6.04. The number of hydrogen-bond donors (Lipinski definition) is 2. The zero-order valence-electron chi connectivity index (χ0n) is 14.0. The summed E-state index contributed by atoms with van der Waals surface area (Å²) in [5.74, 6) is -0.607. The Morgan fingerprint density at radius 1 is 1.04 bits per heavy atom. The van der Waals surface area contributed by atoms with Gasteiger partial charge in [-0.25, -0.2) is 0 Å². The topological polar surface area (TPSA) is 75.6 Å². The molecule has 0 bridgehead atoms. The summed E-state index contributed by atoms with van der Waals surface area (Å²) in [6.45, 7) is 5.23. The van der Waals surface area contributed by atoms with Crippen molar-refractivity contribution in [3.8, 4) is 5.75 Å². The van der Waals surface area contributed by atoms with Gasteiger partial charge in [0.2, 0.25) is 0 Å². The lowest BCUT2D eigenvalue weighted by Gasteiger charge is -2.19. The van der Waals surface area contributed by atoms with Crippen molar-refractivity contribution in [2.75, 3.05) is 11.9 Å². The van der Waals surface area contributed by atoms with Gasteiger partial charge in [-0.1, -0.05) is 17.7 Å². The maximum atomic E-state index is 12.2. The van der Waals surface area contributed by atoms with E-state index in [0.717, 1.165) is 11.3 Å². The van der Waals surface area contributed by atoms with Crippen LogP contribution in [0.5, 0.6) is 5.75 Å². The molecular weight excluding hydrogens is 306 g/mol. The SMILES string of the molecule is Cc1ccc(NC(=O)c2ccc(OCC(C)(C)C(=O)O)cc2)cc1. The molecule has 0 saturated heterocycles. The monoisotopic (exact) mass is 327 g/mol. The predicted molar refractivity (Wildman–Crippen MR) is 92.5 cm³/mol. The Hall–Kier alpha value is -2.82. The number of carbonyl (C=O) groups excluding carboxylic acids is 1. The Labute approximate surface area is 141 Å².